The zero-order chi connectivity index (χ0) is 22.7. The van der Waals surface area contributed by atoms with E-state index in [1.165, 1.54) is 31.9 Å². The van der Waals surface area contributed by atoms with Crippen molar-refractivity contribution in [2.45, 2.75) is 0 Å². The molecule has 1 N–H and O–H groups in total. The number of rotatable bonds is 2. The van der Waals surface area contributed by atoms with Crippen LogP contribution in [0, 0.1) is 0 Å². The topological polar surface area (TPSA) is 23.8 Å². The quantitative estimate of drug-likeness (QED) is 0.195. The number of halogens is 2. The van der Waals surface area contributed by atoms with Crippen LogP contribution in [-0.4, -0.2) is 9.52 Å². The molecule has 0 aliphatic rings. The van der Waals surface area contributed by atoms with Crippen LogP contribution in [0.3, 0.4) is 0 Å². The summed E-state index contributed by atoms with van der Waals surface area (Å²) in [5, 5.41) is 8.19. The molecule has 0 spiro atoms. The molecule has 6 aromatic carbocycles. The molecule has 6 rings (SSSR count). The van der Waals surface area contributed by atoms with E-state index >= 15 is 0 Å². The molecule has 2 radical (unpaired) electrons. The van der Waals surface area contributed by atoms with Crippen molar-refractivity contribution >= 4 is 47.1 Å². The predicted molar refractivity (Wildman–Crippen MR) is 145 cm³/mol. The molecule has 0 aromatic heterocycles. The average molecular weight is 689 g/mol. The number of hydrogen-bond donors (Lipinski definition) is 0. The third-order valence-electron chi connectivity index (χ3n) is 5.13. The van der Waals surface area contributed by atoms with E-state index in [0.29, 0.717) is 5.69 Å². The molecule has 0 unspecified atom stereocenters. The van der Waals surface area contributed by atoms with E-state index in [2.05, 4.69) is 115 Å². The maximum atomic E-state index is 7.00. The predicted octanol–water partition coefficient (Wildman–Crippen LogP) is 1.43. The maximum Gasteiger partial charge on any atom is 4.00 e. The van der Waals surface area contributed by atoms with Crippen LogP contribution in [0.2, 0.25) is 0 Å². The van der Waals surface area contributed by atoms with Gasteiger partial charge in [0.05, 0.1) is 0 Å². The standard InChI is InChI=1S/C13H9.C12H10Si.C6H6N.2ClH.Hf/c1-3-7-12-10(5-1)9-11-6-2-4-8-13(11)12;1-3-7-11(8-4-1)13-12-9-5-2-6-10-12;7-6-4-2-1-3-5-6;;;/h1-9H;1-10H;1-5,7H;2*1H;/q-1;;-1;;;+4/p-2. The molecular weight excluding hydrogens is 664 g/mol. The fraction of sp³-hybridized carbons (Fsp3) is 0. The number of benzene rings is 5. The second-order valence-electron chi connectivity index (χ2n) is 7.54. The Kier molecular flexibility index (Phi) is 14.9. The van der Waals surface area contributed by atoms with E-state index in [1.54, 1.807) is 12.1 Å². The van der Waals surface area contributed by atoms with Gasteiger partial charge in [0.15, 0.2) is 0 Å². The van der Waals surface area contributed by atoms with Gasteiger partial charge < -0.3 is 30.5 Å². The van der Waals surface area contributed by atoms with Gasteiger partial charge in [0.1, 0.15) is 9.52 Å². The molecule has 6 aromatic rings. The van der Waals surface area contributed by atoms with Gasteiger partial charge in [-0.25, -0.2) is 0 Å². The second kappa shape index (κ2) is 17.0. The third kappa shape index (κ3) is 9.48. The van der Waals surface area contributed by atoms with Crippen molar-refractivity contribution in [3.05, 3.63) is 151 Å². The molecule has 0 fully saturated rings. The largest absolute Gasteiger partial charge is 4.00 e. The minimum absolute atomic E-state index is 0. The minimum atomic E-state index is 0. The van der Waals surface area contributed by atoms with Gasteiger partial charge in [-0.2, -0.15) is 0 Å². The number of nitrogens with one attached hydrogen (secondary N) is 1. The van der Waals surface area contributed by atoms with Gasteiger partial charge in [0.25, 0.3) is 0 Å². The van der Waals surface area contributed by atoms with E-state index in [4.69, 9.17) is 5.73 Å². The summed E-state index contributed by atoms with van der Waals surface area (Å²) in [5.41, 5.74) is 7.57. The van der Waals surface area contributed by atoms with E-state index < -0.39 is 0 Å². The van der Waals surface area contributed by atoms with E-state index in [0.717, 1.165) is 9.52 Å². The first-order valence-electron chi connectivity index (χ1n) is 11.0. The summed E-state index contributed by atoms with van der Waals surface area (Å²) in [6.45, 7) is 0. The van der Waals surface area contributed by atoms with E-state index in [1.807, 2.05) is 18.2 Å². The molecule has 5 heteroatoms. The Balaban J connectivity index is 0.000000270. The van der Waals surface area contributed by atoms with Crippen molar-refractivity contribution < 1.29 is 50.7 Å². The van der Waals surface area contributed by atoms with Gasteiger partial charge >= 0.3 is 25.8 Å². The van der Waals surface area contributed by atoms with Crippen LogP contribution in [0.4, 0.5) is 5.69 Å². The summed E-state index contributed by atoms with van der Waals surface area (Å²) in [5.74, 6) is 0. The minimum Gasteiger partial charge on any atom is -1.00 e. The number of fused-ring (bicyclic) bond motifs is 3. The van der Waals surface area contributed by atoms with Crippen LogP contribution in [0.5, 0.6) is 0 Å². The van der Waals surface area contributed by atoms with Crippen LogP contribution in [0.15, 0.2) is 146 Å². The molecule has 0 atom stereocenters. The number of hydrogen-bond acceptors (Lipinski definition) is 0. The molecule has 0 aliphatic carbocycles. The van der Waals surface area contributed by atoms with Crippen LogP contribution in [-0.2, 0) is 25.8 Å². The second-order valence-corrected chi connectivity index (χ2v) is 8.95. The average Bonchev–Trinajstić information content (AvgIpc) is 3.25. The first-order valence-corrected chi connectivity index (χ1v) is 12.0. The Morgan fingerprint density at radius 1 is 0.444 bits per heavy atom. The van der Waals surface area contributed by atoms with Crippen molar-refractivity contribution in [3.63, 3.8) is 0 Å². The fourth-order valence-corrected chi connectivity index (χ4v) is 4.60. The summed E-state index contributed by atoms with van der Waals surface area (Å²) in [6.07, 6.45) is 0. The molecule has 0 bridgehead atoms. The summed E-state index contributed by atoms with van der Waals surface area (Å²) in [4.78, 5) is 0. The summed E-state index contributed by atoms with van der Waals surface area (Å²) < 4.78 is 0. The molecule has 0 aliphatic heterocycles. The molecule has 1 nitrogen and oxygen atoms in total. The smallest absolute Gasteiger partial charge is 1.00 e. The van der Waals surface area contributed by atoms with Crippen LogP contribution < -0.4 is 35.2 Å². The van der Waals surface area contributed by atoms with Crippen LogP contribution >= 0.6 is 0 Å². The van der Waals surface area contributed by atoms with E-state index in [-0.39, 0.29) is 50.7 Å². The van der Waals surface area contributed by atoms with Gasteiger partial charge in [-0.3, -0.25) is 0 Å². The monoisotopic (exact) mass is 689 g/mol. The maximum absolute atomic E-state index is 7.00. The third-order valence-corrected chi connectivity index (χ3v) is 6.38. The van der Waals surface area contributed by atoms with Gasteiger partial charge in [0.2, 0.25) is 0 Å². The Labute approximate surface area is 247 Å². The fourth-order valence-electron chi connectivity index (χ4n) is 3.55. The molecule has 0 saturated heterocycles. The van der Waals surface area contributed by atoms with Crippen molar-refractivity contribution in [3.8, 4) is 0 Å². The van der Waals surface area contributed by atoms with Gasteiger partial charge in [-0.1, -0.05) is 138 Å². The zero-order valence-electron chi connectivity index (χ0n) is 19.6. The molecule has 176 valence electrons. The SMILES string of the molecule is [Cl-].[Cl-].[Hf+4].[NH-]c1ccccc1.c1ccc([Si]c2ccccc2)cc1.c1ccc2c(c1)[cH-]c1ccccc12. The summed E-state index contributed by atoms with van der Waals surface area (Å²) >= 11 is 0. The Morgan fingerprint density at radius 3 is 1.14 bits per heavy atom. The van der Waals surface area contributed by atoms with Crippen molar-refractivity contribution in [1.29, 1.82) is 0 Å². The van der Waals surface area contributed by atoms with Crippen molar-refractivity contribution in [2.75, 3.05) is 0 Å². The molecular formula is C31H25Cl2HfNSi. The van der Waals surface area contributed by atoms with Crippen LogP contribution in [0.25, 0.3) is 27.3 Å². The summed E-state index contributed by atoms with van der Waals surface area (Å²) in [7, 11) is 0.777. The Hall–Kier alpha value is -2.56. The van der Waals surface area contributed by atoms with Gasteiger partial charge in [-0.15, -0.1) is 45.4 Å². The first-order chi connectivity index (χ1) is 16.3. The zero-order valence-corrected chi connectivity index (χ0v) is 25.7. The molecule has 36 heavy (non-hydrogen) atoms. The Morgan fingerprint density at radius 2 is 0.778 bits per heavy atom. The van der Waals surface area contributed by atoms with Gasteiger partial charge in [-0.05, 0) is 0 Å². The molecule has 0 amide bonds. The van der Waals surface area contributed by atoms with Crippen molar-refractivity contribution in [1.82, 2.24) is 0 Å². The van der Waals surface area contributed by atoms with Gasteiger partial charge in [0, 0.05) is 0 Å². The van der Waals surface area contributed by atoms with E-state index in [9.17, 15) is 0 Å². The summed E-state index contributed by atoms with van der Waals surface area (Å²) in [6, 6.07) is 49.5. The van der Waals surface area contributed by atoms with Crippen LogP contribution in [0.1, 0.15) is 0 Å². The molecule has 0 heterocycles. The molecule has 0 saturated carbocycles. The normalized spacial score (nSPS) is 9.22. The van der Waals surface area contributed by atoms with Crippen molar-refractivity contribution in [2.24, 2.45) is 0 Å². The first kappa shape index (κ1) is 31.5. The Bertz CT molecular complexity index is 1300.